The zero-order valence-corrected chi connectivity index (χ0v) is 16.3. The van der Waals surface area contributed by atoms with Crippen LogP contribution in [0.25, 0.3) is 5.69 Å². The van der Waals surface area contributed by atoms with E-state index in [0.29, 0.717) is 10.0 Å². The molecule has 4 heteroatoms. The Morgan fingerprint density at radius 2 is 1.60 bits per heavy atom. The Morgan fingerprint density at radius 1 is 0.840 bits per heavy atom. The predicted octanol–water partition coefficient (Wildman–Crippen LogP) is 6.77. The second-order valence-corrected chi connectivity index (χ2v) is 7.10. The van der Waals surface area contributed by atoms with E-state index >= 15 is 0 Å². The summed E-state index contributed by atoms with van der Waals surface area (Å²) in [6.07, 6.45) is 1.87. The lowest BCUT2D eigenvalue weighted by molar-refractivity contribution is 0.961. The van der Waals surface area contributed by atoms with Gasteiger partial charge in [0, 0.05) is 28.9 Å². The van der Waals surface area contributed by atoms with E-state index in [4.69, 9.17) is 23.2 Å². The summed E-state index contributed by atoms with van der Waals surface area (Å²) in [5.41, 5.74) is 7.96. The van der Waals surface area contributed by atoms with E-state index in [1.54, 1.807) is 12.1 Å². The predicted molar refractivity (Wildman–Crippen MR) is 108 cm³/mol. The van der Waals surface area contributed by atoms with E-state index in [0.717, 1.165) is 16.9 Å². The van der Waals surface area contributed by atoms with Gasteiger partial charge in [-0.1, -0.05) is 29.3 Å². The summed E-state index contributed by atoms with van der Waals surface area (Å²) in [5, 5.41) is 1.05. The molecule has 0 bridgehead atoms. The molecule has 2 nitrogen and oxygen atoms in total. The third kappa shape index (κ3) is 3.65. The fraction of sp³-hybridized carbons (Fsp3) is 0.190. The average Bonchev–Trinajstić information content (AvgIpc) is 2.85. The van der Waals surface area contributed by atoms with Crippen LogP contribution >= 0.6 is 23.2 Å². The Balaban J connectivity index is 1.97. The quantitative estimate of drug-likeness (QED) is 0.452. The maximum atomic E-state index is 6.05. The monoisotopic (exact) mass is 370 g/mol. The molecule has 0 spiro atoms. The van der Waals surface area contributed by atoms with Gasteiger partial charge < -0.3 is 4.57 Å². The first-order chi connectivity index (χ1) is 11.9. The summed E-state index contributed by atoms with van der Waals surface area (Å²) in [6, 6.07) is 14.1. The van der Waals surface area contributed by atoms with Crippen molar-refractivity contribution < 1.29 is 0 Å². The normalized spacial score (nSPS) is 11.4. The average molecular weight is 371 g/mol. The molecule has 0 saturated carbocycles. The van der Waals surface area contributed by atoms with Crippen molar-refractivity contribution in [1.82, 2.24) is 4.57 Å². The third-order valence-corrected chi connectivity index (χ3v) is 5.21. The van der Waals surface area contributed by atoms with Crippen molar-refractivity contribution in [3.8, 4) is 5.69 Å². The molecule has 3 aromatic rings. The van der Waals surface area contributed by atoms with Crippen LogP contribution in [0, 0.1) is 27.7 Å². The highest BCUT2D eigenvalue weighted by Gasteiger charge is 2.10. The molecule has 2 aromatic carbocycles. The maximum Gasteiger partial charge on any atom is 0.0645 e. The molecule has 0 N–H and O–H groups in total. The van der Waals surface area contributed by atoms with Crippen LogP contribution in [0.1, 0.15) is 28.1 Å². The van der Waals surface area contributed by atoms with Crippen molar-refractivity contribution in [2.45, 2.75) is 27.7 Å². The molecule has 0 unspecified atom stereocenters. The maximum absolute atomic E-state index is 6.05. The highest BCUT2D eigenvalue weighted by molar-refractivity contribution is 6.42. The lowest BCUT2D eigenvalue weighted by Gasteiger charge is -2.11. The van der Waals surface area contributed by atoms with Crippen molar-refractivity contribution in [2.24, 2.45) is 4.99 Å². The summed E-state index contributed by atoms with van der Waals surface area (Å²) < 4.78 is 2.25. The van der Waals surface area contributed by atoms with E-state index in [2.05, 4.69) is 61.5 Å². The van der Waals surface area contributed by atoms with Crippen LogP contribution < -0.4 is 0 Å². The lowest BCUT2D eigenvalue weighted by Crippen LogP contribution is -2.00. The number of hydrogen-bond acceptors (Lipinski definition) is 1. The van der Waals surface area contributed by atoms with Crippen molar-refractivity contribution in [1.29, 1.82) is 0 Å². The summed E-state index contributed by atoms with van der Waals surface area (Å²) in [6.45, 7) is 8.49. The zero-order valence-electron chi connectivity index (χ0n) is 14.8. The Morgan fingerprint density at radius 3 is 2.28 bits per heavy atom. The lowest BCUT2D eigenvalue weighted by atomic mass is 10.1. The zero-order chi connectivity index (χ0) is 18.1. The van der Waals surface area contributed by atoms with Crippen LogP contribution in [0.2, 0.25) is 10.0 Å². The van der Waals surface area contributed by atoms with E-state index in [1.165, 1.54) is 22.5 Å². The first-order valence-electron chi connectivity index (χ1n) is 8.12. The van der Waals surface area contributed by atoms with Gasteiger partial charge in [0.15, 0.2) is 0 Å². The van der Waals surface area contributed by atoms with Gasteiger partial charge in [-0.05, 0) is 75.2 Å². The topological polar surface area (TPSA) is 17.3 Å². The van der Waals surface area contributed by atoms with Crippen molar-refractivity contribution in [3.63, 3.8) is 0 Å². The van der Waals surface area contributed by atoms with E-state index in [1.807, 2.05) is 12.3 Å². The molecule has 0 atom stereocenters. The van der Waals surface area contributed by atoms with Crippen molar-refractivity contribution in [3.05, 3.63) is 80.6 Å². The number of aryl methyl sites for hydroxylation is 3. The summed E-state index contributed by atoms with van der Waals surface area (Å²) in [7, 11) is 0. The van der Waals surface area contributed by atoms with Crippen molar-refractivity contribution >= 4 is 35.1 Å². The highest BCUT2D eigenvalue weighted by atomic mass is 35.5. The molecule has 0 radical (unpaired) electrons. The molecule has 0 aliphatic rings. The van der Waals surface area contributed by atoms with Gasteiger partial charge >= 0.3 is 0 Å². The van der Waals surface area contributed by atoms with E-state index in [9.17, 15) is 0 Å². The number of aromatic nitrogens is 1. The molecule has 3 rings (SSSR count). The summed E-state index contributed by atoms with van der Waals surface area (Å²) in [4.78, 5) is 4.54. The number of halogens is 2. The molecular formula is C21H20Cl2N2. The minimum atomic E-state index is 0.511. The fourth-order valence-corrected chi connectivity index (χ4v) is 3.18. The summed E-state index contributed by atoms with van der Waals surface area (Å²) >= 11 is 12.0. The number of aliphatic imine (C=N–C) groups is 1. The Hall–Kier alpha value is -2.03. The Bertz CT molecular complexity index is 968. The van der Waals surface area contributed by atoms with Gasteiger partial charge in [0.1, 0.15) is 0 Å². The fourth-order valence-electron chi connectivity index (χ4n) is 2.89. The van der Waals surface area contributed by atoms with E-state index in [-0.39, 0.29) is 0 Å². The largest absolute Gasteiger partial charge is 0.318 e. The minimum Gasteiger partial charge on any atom is -0.318 e. The Labute approximate surface area is 158 Å². The van der Waals surface area contributed by atoms with Gasteiger partial charge in [-0.15, -0.1) is 0 Å². The number of benzene rings is 2. The molecule has 1 aromatic heterocycles. The van der Waals surface area contributed by atoms with Gasteiger partial charge in [-0.3, -0.25) is 4.99 Å². The van der Waals surface area contributed by atoms with Crippen LogP contribution in [-0.4, -0.2) is 10.8 Å². The molecule has 1 heterocycles. The van der Waals surface area contributed by atoms with Gasteiger partial charge in [-0.2, -0.15) is 0 Å². The van der Waals surface area contributed by atoms with Crippen LogP contribution in [0.5, 0.6) is 0 Å². The molecule has 0 saturated heterocycles. The molecule has 0 aliphatic heterocycles. The molecule has 0 amide bonds. The van der Waals surface area contributed by atoms with Gasteiger partial charge in [-0.25, -0.2) is 0 Å². The SMILES string of the molecule is Cc1ccc(-n2c(C)cc(C=Nc3ccc(Cl)c(Cl)c3)c2C)cc1C. The van der Waals surface area contributed by atoms with Crippen LogP contribution in [0.3, 0.4) is 0 Å². The van der Waals surface area contributed by atoms with E-state index < -0.39 is 0 Å². The van der Waals surface area contributed by atoms with Crippen LogP contribution in [-0.2, 0) is 0 Å². The molecule has 0 fully saturated rings. The summed E-state index contributed by atoms with van der Waals surface area (Å²) in [5.74, 6) is 0. The first-order valence-corrected chi connectivity index (χ1v) is 8.88. The molecule has 0 aliphatic carbocycles. The standard InChI is InChI=1S/C21H20Cl2N2/c1-13-5-7-19(9-14(13)2)25-15(3)10-17(16(25)4)12-24-18-6-8-20(22)21(23)11-18/h5-12H,1-4H3. The number of nitrogens with zero attached hydrogens (tertiary/aromatic N) is 2. The minimum absolute atomic E-state index is 0.511. The second kappa shape index (κ2) is 7.07. The van der Waals surface area contributed by atoms with Crippen LogP contribution in [0.15, 0.2) is 47.5 Å². The molecule has 128 valence electrons. The molecular weight excluding hydrogens is 351 g/mol. The number of hydrogen-bond donors (Lipinski definition) is 0. The van der Waals surface area contributed by atoms with Gasteiger partial charge in [0.25, 0.3) is 0 Å². The third-order valence-electron chi connectivity index (χ3n) is 4.47. The first kappa shape index (κ1) is 17.8. The van der Waals surface area contributed by atoms with Crippen molar-refractivity contribution in [2.75, 3.05) is 0 Å². The van der Waals surface area contributed by atoms with Crippen LogP contribution in [0.4, 0.5) is 5.69 Å². The smallest absolute Gasteiger partial charge is 0.0645 e. The molecule has 25 heavy (non-hydrogen) atoms. The van der Waals surface area contributed by atoms with Gasteiger partial charge in [0.2, 0.25) is 0 Å². The number of rotatable bonds is 3. The van der Waals surface area contributed by atoms with Gasteiger partial charge in [0.05, 0.1) is 15.7 Å². The second-order valence-electron chi connectivity index (χ2n) is 6.29. The Kier molecular flexibility index (Phi) is 5.03. The highest BCUT2D eigenvalue weighted by Crippen LogP contribution is 2.27.